The van der Waals surface area contributed by atoms with Crippen LogP contribution in [0.1, 0.15) is 44.6 Å². The van der Waals surface area contributed by atoms with E-state index in [1.54, 1.807) is 6.07 Å². The Balaban J connectivity index is 2.20. The van der Waals surface area contributed by atoms with Crippen LogP contribution in [0, 0.1) is 23.5 Å². The Morgan fingerprint density at radius 1 is 1.26 bits per heavy atom. The summed E-state index contributed by atoms with van der Waals surface area (Å²) < 4.78 is 27.0. The molecule has 1 nitrogen and oxygen atoms in total. The molecule has 0 aliphatic heterocycles. The lowest BCUT2D eigenvalue weighted by molar-refractivity contribution is 0.238. The molecule has 1 aromatic rings. The highest BCUT2D eigenvalue weighted by Crippen LogP contribution is 2.41. The fraction of sp³-hybridized carbons (Fsp3) is 0.625. The van der Waals surface area contributed by atoms with Crippen LogP contribution in [-0.2, 0) is 0 Å². The minimum absolute atomic E-state index is 0.211. The van der Waals surface area contributed by atoms with Crippen molar-refractivity contribution in [2.45, 2.75) is 39.0 Å². The fourth-order valence-electron chi connectivity index (χ4n) is 3.20. The molecule has 106 valence electrons. The third kappa shape index (κ3) is 3.53. The molecule has 1 N–H and O–H groups in total. The molecule has 0 aromatic heterocycles. The van der Waals surface area contributed by atoms with Gasteiger partial charge < -0.3 is 5.32 Å². The fourth-order valence-corrected chi connectivity index (χ4v) is 3.20. The van der Waals surface area contributed by atoms with E-state index in [1.807, 2.05) is 0 Å². The average molecular weight is 267 g/mol. The Hall–Kier alpha value is -0.960. The topological polar surface area (TPSA) is 12.0 Å². The van der Waals surface area contributed by atoms with E-state index >= 15 is 0 Å². The molecule has 1 fully saturated rings. The van der Waals surface area contributed by atoms with Crippen molar-refractivity contribution < 1.29 is 8.78 Å². The van der Waals surface area contributed by atoms with Gasteiger partial charge in [0.1, 0.15) is 11.6 Å². The molecule has 1 saturated carbocycles. The number of hydrogen-bond donors (Lipinski definition) is 1. The molecule has 0 heterocycles. The van der Waals surface area contributed by atoms with E-state index in [2.05, 4.69) is 19.2 Å². The lowest BCUT2D eigenvalue weighted by Crippen LogP contribution is -2.31. The highest BCUT2D eigenvalue weighted by molar-refractivity contribution is 5.24. The molecule has 1 aromatic carbocycles. The molecule has 3 heteroatoms. The Morgan fingerprint density at radius 3 is 2.74 bits per heavy atom. The van der Waals surface area contributed by atoms with E-state index in [0.29, 0.717) is 17.4 Å². The van der Waals surface area contributed by atoms with Crippen molar-refractivity contribution in [2.75, 3.05) is 13.1 Å². The Kier molecular flexibility index (Phi) is 4.92. The molecular weight excluding hydrogens is 244 g/mol. The van der Waals surface area contributed by atoms with Crippen molar-refractivity contribution in [3.63, 3.8) is 0 Å². The summed E-state index contributed by atoms with van der Waals surface area (Å²) >= 11 is 0. The van der Waals surface area contributed by atoms with Gasteiger partial charge in [-0.2, -0.15) is 0 Å². The molecule has 0 bridgehead atoms. The van der Waals surface area contributed by atoms with Crippen LogP contribution in [0.3, 0.4) is 0 Å². The quantitative estimate of drug-likeness (QED) is 0.866. The van der Waals surface area contributed by atoms with Gasteiger partial charge in [0.15, 0.2) is 0 Å². The first-order valence-corrected chi connectivity index (χ1v) is 7.27. The number of nitrogens with one attached hydrogen (secondary N) is 1. The van der Waals surface area contributed by atoms with Gasteiger partial charge in [0.25, 0.3) is 0 Å². The zero-order chi connectivity index (χ0) is 13.8. The van der Waals surface area contributed by atoms with Crippen LogP contribution in [0.25, 0.3) is 0 Å². The number of benzene rings is 1. The van der Waals surface area contributed by atoms with E-state index in [-0.39, 0.29) is 11.7 Å². The van der Waals surface area contributed by atoms with Crippen molar-refractivity contribution >= 4 is 0 Å². The highest BCUT2D eigenvalue weighted by Gasteiger charge is 2.31. The Morgan fingerprint density at radius 2 is 2.05 bits per heavy atom. The predicted octanol–water partition coefficient (Wildman–Crippen LogP) is 4.09. The van der Waals surface area contributed by atoms with Gasteiger partial charge in [-0.05, 0) is 55.3 Å². The second kappa shape index (κ2) is 6.47. The van der Waals surface area contributed by atoms with Gasteiger partial charge in [-0.1, -0.05) is 26.3 Å². The Bertz CT molecular complexity index is 417. The molecule has 1 aliphatic carbocycles. The van der Waals surface area contributed by atoms with E-state index < -0.39 is 5.82 Å². The summed E-state index contributed by atoms with van der Waals surface area (Å²) in [4.78, 5) is 0. The van der Waals surface area contributed by atoms with E-state index in [1.165, 1.54) is 12.5 Å². The van der Waals surface area contributed by atoms with Crippen LogP contribution in [0.5, 0.6) is 0 Å². The smallest absolute Gasteiger partial charge is 0.129 e. The minimum atomic E-state index is -0.492. The number of hydrogen-bond acceptors (Lipinski definition) is 1. The van der Waals surface area contributed by atoms with Crippen molar-refractivity contribution in [1.82, 2.24) is 5.32 Å². The normalized spacial score (nSPS) is 27.5. The standard InChI is InChI=1S/C16H23F2N/c1-3-19-10-12-5-4-11(2)8-15(12)14-7-6-13(17)9-16(14)18/h6-7,9,11-12,15,19H,3-5,8,10H2,1-2H3. The largest absolute Gasteiger partial charge is 0.317 e. The van der Waals surface area contributed by atoms with Gasteiger partial charge >= 0.3 is 0 Å². The molecule has 0 amide bonds. The number of rotatable bonds is 4. The van der Waals surface area contributed by atoms with E-state index in [4.69, 9.17) is 0 Å². The minimum Gasteiger partial charge on any atom is -0.317 e. The van der Waals surface area contributed by atoms with Crippen LogP contribution in [0.15, 0.2) is 18.2 Å². The maximum absolute atomic E-state index is 14.0. The van der Waals surface area contributed by atoms with Gasteiger partial charge in [-0.25, -0.2) is 8.78 Å². The maximum Gasteiger partial charge on any atom is 0.129 e. The zero-order valence-corrected chi connectivity index (χ0v) is 11.8. The number of halogens is 2. The van der Waals surface area contributed by atoms with Gasteiger partial charge in [0, 0.05) is 6.07 Å². The molecule has 3 atom stereocenters. The summed E-state index contributed by atoms with van der Waals surface area (Å²) in [5.41, 5.74) is 0.691. The third-order valence-electron chi connectivity index (χ3n) is 4.27. The van der Waals surface area contributed by atoms with Crippen molar-refractivity contribution in [2.24, 2.45) is 11.8 Å². The summed E-state index contributed by atoms with van der Waals surface area (Å²) in [6.07, 6.45) is 3.32. The average Bonchev–Trinajstić information content (AvgIpc) is 2.37. The van der Waals surface area contributed by atoms with Crippen LogP contribution < -0.4 is 5.32 Å². The maximum atomic E-state index is 14.0. The van der Waals surface area contributed by atoms with Crippen molar-refractivity contribution in [3.05, 3.63) is 35.4 Å². The Labute approximate surface area is 114 Å². The highest BCUT2D eigenvalue weighted by atomic mass is 19.1. The molecule has 1 aliphatic rings. The molecule has 19 heavy (non-hydrogen) atoms. The van der Waals surface area contributed by atoms with Gasteiger partial charge in [-0.3, -0.25) is 0 Å². The van der Waals surface area contributed by atoms with Gasteiger partial charge in [0.2, 0.25) is 0 Å². The molecule has 2 rings (SSSR count). The summed E-state index contributed by atoms with van der Waals surface area (Å²) in [6.45, 7) is 6.16. The first-order chi connectivity index (χ1) is 9.11. The second-order valence-electron chi connectivity index (χ2n) is 5.76. The monoisotopic (exact) mass is 267 g/mol. The van der Waals surface area contributed by atoms with Crippen LogP contribution in [0.4, 0.5) is 8.78 Å². The van der Waals surface area contributed by atoms with Gasteiger partial charge in [0.05, 0.1) is 0 Å². The van der Waals surface area contributed by atoms with Crippen LogP contribution in [0.2, 0.25) is 0 Å². The molecule has 0 radical (unpaired) electrons. The van der Waals surface area contributed by atoms with Crippen molar-refractivity contribution in [1.29, 1.82) is 0 Å². The summed E-state index contributed by atoms with van der Waals surface area (Å²) in [7, 11) is 0. The van der Waals surface area contributed by atoms with Crippen LogP contribution >= 0.6 is 0 Å². The zero-order valence-electron chi connectivity index (χ0n) is 11.8. The van der Waals surface area contributed by atoms with Crippen LogP contribution in [-0.4, -0.2) is 13.1 Å². The first-order valence-electron chi connectivity index (χ1n) is 7.27. The molecule has 0 spiro atoms. The molecule has 0 saturated heterocycles. The SMILES string of the molecule is CCNCC1CCC(C)CC1c1ccc(F)cc1F. The lowest BCUT2D eigenvalue weighted by Gasteiger charge is -2.35. The molecular formula is C16H23F2N. The van der Waals surface area contributed by atoms with E-state index in [9.17, 15) is 8.78 Å². The summed E-state index contributed by atoms with van der Waals surface area (Å²) in [6, 6.07) is 4.02. The third-order valence-corrected chi connectivity index (χ3v) is 4.27. The first kappa shape index (κ1) is 14.4. The summed E-state index contributed by atoms with van der Waals surface area (Å²) in [5.74, 6) is 0.404. The molecule has 3 unspecified atom stereocenters. The lowest BCUT2D eigenvalue weighted by atomic mass is 9.71. The predicted molar refractivity (Wildman–Crippen MR) is 74.1 cm³/mol. The van der Waals surface area contributed by atoms with E-state index in [0.717, 1.165) is 32.0 Å². The van der Waals surface area contributed by atoms with Crippen molar-refractivity contribution in [3.8, 4) is 0 Å². The summed E-state index contributed by atoms with van der Waals surface area (Å²) in [5, 5.41) is 3.37. The second-order valence-corrected chi connectivity index (χ2v) is 5.76. The van der Waals surface area contributed by atoms with Gasteiger partial charge in [-0.15, -0.1) is 0 Å².